The molecule has 51 heavy (non-hydrogen) atoms. The van der Waals surface area contributed by atoms with Crippen molar-refractivity contribution in [3.63, 3.8) is 0 Å². The second-order valence-corrected chi connectivity index (χ2v) is 13.7. The summed E-state index contributed by atoms with van der Waals surface area (Å²) in [7, 11) is -4.09. The zero-order valence-electron chi connectivity index (χ0n) is 27.3. The summed E-state index contributed by atoms with van der Waals surface area (Å²) in [4.78, 5) is 49.4. The van der Waals surface area contributed by atoms with Crippen molar-refractivity contribution in [3.8, 4) is 5.75 Å². The predicted molar refractivity (Wildman–Crippen MR) is 180 cm³/mol. The Morgan fingerprint density at radius 1 is 0.843 bits per heavy atom. The molecule has 0 spiro atoms. The van der Waals surface area contributed by atoms with Crippen LogP contribution in [0.3, 0.4) is 0 Å². The van der Waals surface area contributed by atoms with Crippen molar-refractivity contribution < 1.29 is 51.0 Å². The number of nitrogens with two attached hydrogens (primary N) is 2. The van der Waals surface area contributed by atoms with Gasteiger partial charge in [-0.3, -0.25) is 14.4 Å². The van der Waals surface area contributed by atoms with Gasteiger partial charge in [0.25, 0.3) is 0 Å². The number of benzene rings is 3. The largest absolute Gasteiger partial charge is 0.508 e. The van der Waals surface area contributed by atoms with E-state index in [0.29, 0.717) is 24.9 Å². The van der Waals surface area contributed by atoms with Gasteiger partial charge >= 0.3 is 12.1 Å². The molecule has 0 unspecified atom stereocenters. The lowest BCUT2D eigenvalue weighted by Crippen LogP contribution is -2.55. The van der Waals surface area contributed by atoms with Gasteiger partial charge in [-0.15, -0.1) is 0 Å². The zero-order chi connectivity index (χ0) is 37.8. The molecular formula is C34H40F3N5O8S. The molecule has 0 aliphatic carbocycles. The first kappa shape index (κ1) is 40.4. The Hall–Kier alpha value is -5.00. The lowest BCUT2D eigenvalue weighted by Gasteiger charge is -2.28. The first-order chi connectivity index (χ1) is 23.9. The van der Waals surface area contributed by atoms with Gasteiger partial charge in [-0.1, -0.05) is 72.8 Å². The molecule has 17 heteroatoms. The quantitative estimate of drug-likeness (QED) is 0.141. The molecule has 3 aromatic rings. The first-order valence-electron chi connectivity index (χ1n) is 15.8. The summed E-state index contributed by atoms with van der Waals surface area (Å²) in [6, 6.07) is 20.6. The van der Waals surface area contributed by atoms with E-state index in [-0.39, 0.29) is 30.9 Å². The SMILES string of the molecule is NC(=O)[C@H](Cc1ccccc1)NC(=O)[C@H](Cc1ccccc1)NS(=O)(=O)C[C@H]1CCCN1C(=O)[C@@H](N)Cc1ccc(O)cc1.O=C(O)C(F)(F)F. The molecule has 13 nitrogen and oxygen atoms in total. The number of likely N-dealkylation sites (tertiary alicyclic amines) is 1. The number of rotatable bonds is 14. The number of hydrogen-bond acceptors (Lipinski definition) is 8. The second-order valence-electron chi connectivity index (χ2n) is 11.9. The molecule has 8 N–H and O–H groups in total. The number of nitrogens with one attached hydrogen (secondary N) is 2. The topological polar surface area (TPSA) is 222 Å². The maximum atomic E-state index is 13.5. The molecule has 3 amide bonds. The monoisotopic (exact) mass is 735 g/mol. The number of phenols is 1. The highest BCUT2D eigenvalue weighted by atomic mass is 32.2. The third kappa shape index (κ3) is 13.3. The normalized spacial score (nSPS) is 16.2. The smallest absolute Gasteiger partial charge is 0.490 e. The number of nitrogens with zero attached hydrogens (tertiary/aromatic N) is 1. The Morgan fingerprint density at radius 2 is 1.33 bits per heavy atom. The summed E-state index contributed by atoms with van der Waals surface area (Å²) < 4.78 is 61.2. The van der Waals surface area contributed by atoms with Crippen molar-refractivity contribution in [1.82, 2.24) is 14.9 Å². The number of carbonyl (C=O) groups is 4. The van der Waals surface area contributed by atoms with Gasteiger partial charge in [-0.05, 0) is 54.5 Å². The summed E-state index contributed by atoms with van der Waals surface area (Å²) in [5.74, 6) is -4.86. The van der Waals surface area contributed by atoms with Gasteiger partial charge in [0.15, 0.2) is 0 Å². The van der Waals surface area contributed by atoms with Crippen LogP contribution in [0.5, 0.6) is 5.75 Å². The summed E-state index contributed by atoms with van der Waals surface area (Å²) >= 11 is 0. The Labute approximate surface area is 292 Å². The first-order valence-corrected chi connectivity index (χ1v) is 17.4. The van der Waals surface area contributed by atoms with Crippen molar-refractivity contribution in [2.45, 2.75) is 62.4 Å². The van der Waals surface area contributed by atoms with Gasteiger partial charge in [0.2, 0.25) is 27.7 Å². The highest BCUT2D eigenvalue weighted by Crippen LogP contribution is 2.21. The highest BCUT2D eigenvalue weighted by Gasteiger charge is 2.38. The summed E-state index contributed by atoms with van der Waals surface area (Å²) in [5.41, 5.74) is 14.1. The van der Waals surface area contributed by atoms with Crippen LogP contribution in [0.4, 0.5) is 13.2 Å². The number of carboxylic acids is 1. The molecule has 4 atom stereocenters. The maximum absolute atomic E-state index is 13.5. The fraction of sp³-hybridized carbons (Fsp3) is 0.353. The molecule has 3 aromatic carbocycles. The van der Waals surface area contributed by atoms with Crippen LogP contribution in [-0.2, 0) is 48.5 Å². The van der Waals surface area contributed by atoms with Crippen molar-refractivity contribution >= 4 is 33.7 Å². The fourth-order valence-corrected chi connectivity index (χ4v) is 6.96. The maximum Gasteiger partial charge on any atom is 0.490 e. The molecule has 1 heterocycles. The number of amides is 3. The van der Waals surface area contributed by atoms with Crippen LogP contribution >= 0.6 is 0 Å². The van der Waals surface area contributed by atoms with Crippen molar-refractivity contribution in [3.05, 3.63) is 102 Å². The van der Waals surface area contributed by atoms with Gasteiger partial charge in [0.05, 0.1) is 11.8 Å². The standard InChI is InChI=1S/C32H39N5O6S.C2HF3O2/c33-27(18-24-13-15-26(38)16-14-24)32(41)37-17-7-12-25(37)21-44(42,43)36-29(20-23-10-5-2-6-11-23)31(40)35-28(30(34)39)19-22-8-3-1-4-9-22;3-2(4,5)1(6)7/h1-6,8-11,13-16,25,27-29,36,38H,7,12,17-21,33H2,(H2,34,39)(H,35,40);(H,6,7)/t25-,27+,28+,29+;/m1./s1. The summed E-state index contributed by atoms with van der Waals surface area (Å²) in [5, 5.41) is 19.3. The van der Waals surface area contributed by atoms with E-state index < -0.39 is 63.9 Å². The molecule has 0 bridgehead atoms. The molecule has 1 aliphatic heterocycles. The number of primary amides is 1. The molecule has 0 radical (unpaired) electrons. The molecular weight excluding hydrogens is 695 g/mol. The number of hydrogen-bond donors (Lipinski definition) is 6. The molecule has 1 saturated heterocycles. The lowest BCUT2D eigenvalue weighted by molar-refractivity contribution is -0.192. The zero-order valence-corrected chi connectivity index (χ0v) is 28.1. The van der Waals surface area contributed by atoms with E-state index in [2.05, 4.69) is 10.0 Å². The average molecular weight is 736 g/mol. The molecule has 1 fully saturated rings. The van der Waals surface area contributed by atoms with Crippen molar-refractivity contribution in [2.75, 3.05) is 12.3 Å². The van der Waals surface area contributed by atoms with Crippen LogP contribution in [-0.4, -0.2) is 89.9 Å². The van der Waals surface area contributed by atoms with Crippen LogP contribution in [0.25, 0.3) is 0 Å². The Balaban J connectivity index is 0.000000908. The molecule has 0 aromatic heterocycles. The number of sulfonamides is 1. The number of carboxylic acid groups (broad SMARTS) is 1. The number of phenolic OH excluding ortho intramolecular Hbond substituents is 1. The number of alkyl halides is 3. The van der Waals surface area contributed by atoms with E-state index in [4.69, 9.17) is 21.4 Å². The van der Waals surface area contributed by atoms with E-state index in [0.717, 1.165) is 11.1 Å². The van der Waals surface area contributed by atoms with Gasteiger partial charge in [-0.2, -0.15) is 13.2 Å². The molecule has 276 valence electrons. The van der Waals surface area contributed by atoms with Crippen LogP contribution in [0, 0.1) is 0 Å². The molecule has 0 saturated carbocycles. The van der Waals surface area contributed by atoms with Gasteiger partial charge < -0.3 is 31.9 Å². The van der Waals surface area contributed by atoms with Crippen molar-refractivity contribution in [2.24, 2.45) is 11.5 Å². The molecule has 4 rings (SSSR count). The number of aromatic hydroxyl groups is 1. The van der Waals surface area contributed by atoms with E-state index in [1.165, 1.54) is 17.0 Å². The predicted octanol–water partition coefficient (Wildman–Crippen LogP) is 1.63. The Kier molecular flexibility index (Phi) is 14.5. The van der Waals surface area contributed by atoms with Gasteiger partial charge in [-0.25, -0.2) is 17.9 Å². The van der Waals surface area contributed by atoms with Crippen LogP contribution in [0.1, 0.15) is 29.5 Å². The van der Waals surface area contributed by atoms with E-state index >= 15 is 0 Å². The third-order valence-corrected chi connectivity index (χ3v) is 9.35. The number of halogens is 3. The summed E-state index contributed by atoms with van der Waals surface area (Å²) in [6.45, 7) is 0.371. The second kappa shape index (κ2) is 18.3. The van der Waals surface area contributed by atoms with Crippen LogP contribution in [0.15, 0.2) is 84.9 Å². The molecule has 1 aliphatic rings. The lowest BCUT2D eigenvalue weighted by atomic mass is 10.0. The van der Waals surface area contributed by atoms with Crippen LogP contribution in [0.2, 0.25) is 0 Å². The minimum atomic E-state index is -5.08. The van der Waals surface area contributed by atoms with Crippen molar-refractivity contribution in [1.29, 1.82) is 0 Å². The fourth-order valence-electron chi connectivity index (χ4n) is 5.39. The number of aliphatic carboxylic acids is 1. The minimum absolute atomic E-state index is 0.0353. The Bertz CT molecular complexity index is 1730. The summed E-state index contributed by atoms with van der Waals surface area (Å²) in [6.07, 6.45) is -3.58. The van der Waals surface area contributed by atoms with E-state index in [9.17, 15) is 41.1 Å². The van der Waals surface area contributed by atoms with Gasteiger partial charge in [0.1, 0.15) is 17.8 Å². The average Bonchev–Trinajstić information content (AvgIpc) is 3.52. The minimum Gasteiger partial charge on any atom is -0.508 e. The van der Waals surface area contributed by atoms with Gasteiger partial charge in [0, 0.05) is 19.0 Å². The van der Waals surface area contributed by atoms with E-state index in [1.54, 1.807) is 60.7 Å². The Morgan fingerprint density at radius 3 is 1.82 bits per heavy atom. The van der Waals surface area contributed by atoms with E-state index in [1.807, 2.05) is 12.1 Å². The highest BCUT2D eigenvalue weighted by molar-refractivity contribution is 7.89. The number of carbonyl (C=O) groups excluding carboxylic acids is 3. The van der Waals surface area contributed by atoms with Crippen LogP contribution < -0.4 is 21.5 Å². The third-order valence-electron chi connectivity index (χ3n) is 7.89.